The van der Waals surface area contributed by atoms with Gasteiger partial charge in [0.15, 0.2) is 5.65 Å². The summed E-state index contributed by atoms with van der Waals surface area (Å²) < 4.78 is 2.03. The highest BCUT2D eigenvalue weighted by Gasteiger charge is 2.15. The van der Waals surface area contributed by atoms with Gasteiger partial charge in [0.1, 0.15) is 0 Å². The number of pyridine rings is 2. The van der Waals surface area contributed by atoms with Gasteiger partial charge in [0.25, 0.3) is 0 Å². The van der Waals surface area contributed by atoms with Crippen molar-refractivity contribution in [1.82, 2.24) is 34.7 Å². The number of benzene rings is 1. The summed E-state index contributed by atoms with van der Waals surface area (Å²) in [6, 6.07) is 12.2. The van der Waals surface area contributed by atoms with Crippen LogP contribution in [0.5, 0.6) is 0 Å². The normalized spacial score (nSPS) is 11.4. The highest BCUT2D eigenvalue weighted by atomic mass is 16.1. The standard InChI is InChI=1S/C28H26N8O/c1-3-4-8-26(37)32-20-9-18(12-29-14-20)19-10-22-27(34-35-28(22)30-13-19)24-11-21-23(33-24)6-5-7-25(21)36-15-17(2)31-16-36/h5-7,9-16,33H,3-4,8H2,1-2H3,(H,32,37)(H,30,34,35). The van der Waals surface area contributed by atoms with Crippen molar-refractivity contribution < 1.29 is 4.79 Å². The minimum absolute atomic E-state index is 0.00414. The molecule has 1 aromatic carbocycles. The molecule has 0 radical (unpaired) electrons. The van der Waals surface area contributed by atoms with Crippen molar-refractivity contribution in [3.8, 4) is 28.2 Å². The number of hydrogen-bond acceptors (Lipinski definition) is 5. The minimum Gasteiger partial charge on any atom is -0.353 e. The molecule has 0 saturated heterocycles. The second-order valence-corrected chi connectivity index (χ2v) is 9.15. The Morgan fingerprint density at radius 3 is 2.78 bits per heavy atom. The smallest absolute Gasteiger partial charge is 0.224 e. The lowest BCUT2D eigenvalue weighted by Gasteiger charge is -2.07. The molecular weight excluding hydrogens is 464 g/mol. The average Bonchev–Trinajstić information content (AvgIpc) is 3.64. The van der Waals surface area contributed by atoms with E-state index in [2.05, 4.69) is 60.6 Å². The number of carbonyl (C=O) groups excluding carboxylic acids is 1. The van der Waals surface area contributed by atoms with Gasteiger partial charge >= 0.3 is 0 Å². The monoisotopic (exact) mass is 490 g/mol. The van der Waals surface area contributed by atoms with E-state index in [1.54, 1.807) is 18.6 Å². The number of amides is 1. The van der Waals surface area contributed by atoms with Crippen LogP contribution >= 0.6 is 0 Å². The molecule has 6 aromatic rings. The second kappa shape index (κ2) is 9.34. The summed E-state index contributed by atoms with van der Waals surface area (Å²) >= 11 is 0. The Balaban J connectivity index is 1.37. The van der Waals surface area contributed by atoms with E-state index in [1.165, 1.54) is 0 Å². The second-order valence-electron chi connectivity index (χ2n) is 9.15. The number of fused-ring (bicyclic) bond motifs is 2. The highest BCUT2D eigenvalue weighted by Crippen LogP contribution is 2.33. The molecule has 5 aromatic heterocycles. The van der Waals surface area contributed by atoms with Crippen molar-refractivity contribution in [2.24, 2.45) is 0 Å². The van der Waals surface area contributed by atoms with E-state index in [4.69, 9.17) is 0 Å². The molecule has 1 amide bonds. The summed E-state index contributed by atoms with van der Waals surface area (Å²) in [5.41, 5.74) is 7.84. The Morgan fingerprint density at radius 2 is 1.95 bits per heavy atom. The number of hydrogen-bond donors (Lipinski definition) is 3. The molecule has 0 aliphatic rings. The van der Waals surface area contributed by atoms with Gasteiger partial charge in [-0.15, -0.1) is 0 Å². The first-order chi connectivity index (χ1) is 18.1. The summed E-state index contributed by atoms with van der Waals surface area (Å²) in [6.45, 7) is 4.05. The Hall–Kier alpha value is -4.79. The molecule has 0 fully saturated rings. The van der Waals surface area contributed by atoms with Gasteiger partial charge in [0.2, 0.25) is 5.91 Å². The molecule has 0 atom stereocenters. The Morgan fingerprint density at radius 1 is 1.05 bits per heavy atom. The molecule has 0 bridgehead atoms. The van der Waals surface area contributed by atoms with Crippen LogP contribution in [-0.2, 0) is 4.79 Å². The third-order valence-corrected chi connectivity index (χ3v) is 6.42. The zero-order valence-corrected chi connectivity index (χ0v) is 20.6. The summed E-state index contributed by atoms with van der Waals surface area (Å²) in [5.74, 6) is -0.00414. The van der Waals surface area contributed by atoms with Crippen molar-refractivity contribution in [1.29, 1.82) is 0 Å². The maximum absolute atomic E-state index is 12.2. The van der Waals surface area contributed by atoms with Gasteiger partial charge < -0.3 is 14.9 Å². The van der Waals surface area contributed by atoms with E-state index < -0.39 is 0 Å². The van der Waals surface area contributed by atoms with Crippen LogP contribution in [0.4, 0.5) is 5.69 Å². The van der Waals surface area contributed by atoms with E-state index in [0.29, 0.717) is 17.8 Å². The number of imidazole rings is 1. The van der Waals surface area contributed by atoms with Gasteiger partial charge in [-0.3, -0.25) is 14.9 Å². The molecule has 5 heterocycles. The van der Waals surface area contributed by atoms with Gasteiger partial charge in [-0.2, -0.15) is 5.10 Å². The molecule has 9 heteroatoms. The molecule has 3 N–H and O–H groups in total. The summed E-state index contributed by atoms with van der Waals surface area (Å²) in [4.78, 5) is 29.0. The molecule has 0 spiro atoms. The number of nitrogens with one attached hydrogen (secondary N) is 3. The lowest BCUT2D eigenvalue weighted by molar-refractivity contribution is -0.116. The molecule has 6 rings (SSSR count). The predicted molar refractivity (Wildman–Crippen MR) is 144 cm³/mol. The predicted octanol–water partition coefficient (Wildman–Crippen LogP) is 5.79. The van der Waals surface area contributed by atoms with Gasteiger partial charge in [0.05, 0.1) is 41.0 Å². The topological polar surface area (TPSA) is 117 Å². The lowest BCUT2D eigenvalue weighted by atomic mass is 10.1. The third-order valence-electron chi connectivity index (χ3n) is 6.42. The van der Waals surface area contributed by atoms with E-state index in [9.17, 15) is 4.79 Å². The number of anilines is 1. The van der Waals surface area contributed by atoms with Crippen LogP contribution in [0.15, 0.2) is 67.5 Å². The van der Waals surface area contributed by atoms with Gasteiger partial charge in [-0.25, -0.2) is 9.97 Å². The number of aromatic nitrogens is 7. The van der Waals surface area contributed by atoms with Crippen molar-refractivity contribution in [2.45, 2.75) is 33.1 Å². The van der Waals surface area contributed by atoms with Gasteiger partial charge in [0, 0.05) is 52.4 Å². The fraction of sp³-hybridized carbons (Fsp3) is 0.179. The van der Waals surface area contributed by atoms with Crippen LogP contribution in [0.2, 0.25) is 0 Å². The number of H-pyrrole nitrogens is 2. The van der Waals surface area contributed by atoms with Crippen LogP contribution in [-0.4, -0.2) is 40.6 Å². The molecular formula is C28H26N8O. The zero-order valence-electron chi connectivity index (χ0n) is 20.6. The van der Waals surface area contributed by atoms with E-state index in [1.807, 2.05) is 42.2 Å². The van der Waals surface area contributed by atoms with Crippen LogP contribution in [0.1, 0.15) is 31.9 Å². The Labute approximate surface area is 213 Å². The third kappa shape index (κ3) is 4.35. The van der Waals surface area contributed by atoms with E-state index in [0.717, 1.165) is 63.0 Å². The van der Waals surface area contributed by atoms with Crippen LogP contribution < -0.4 is 5.32 Å². The number of carbonyl (C=O) groups is 1. The number of aromatic amines is 2. The van der Waals surface area contributed by atoms with Gasteiger partial charge in [-0.05, 0) is 43.7 Å². The lowest BCUT2D eigenvalue weighted by Crippen LogP contribution is -2.11. The van der Waals surface area contributed by atoms with Crippen LogP contribution in [0.25, 0.3) is 50.1 Å². The molecule has 184 valence electrons. The summed E-state index contributed by atoms with van der Waals surface area (Å²) in [6.07, 6.45) is 11.4. The van der Waals surface area contributed by atoms with Gasteiger partial charge in [-0.1, -0.05) is 19.4 Å². The number of rotatable bonds is 7. The number of unbranched alkanes of at least 4 members (excludes halogenated alkanes) is 1. The molecule has 0 unspecified atom stereocenters. The molecule has 0 aliphatic carbocycles. The summed E-state index contributed by atoms with van der Waals surface area (Å²) in [5, 5.41) is 12.5. The largest absolute Gasteiger partial charge is 0.353 e. The highest BCUT2D eigenvalue weighted by molar-refractivity contribution is 5.98. The summed E-state index contributed by atoms with van der Waals surface area (Å²) in [7, 11) is 0. The van der Waals surface area contributed by atoms with Crippen molar-refractivity contribution in [2.75, 3.05) is 5.32 Å². The van der Waals surface area contributed by atoms with Crippen molar-refractivity contribution in [3.05, 3.63) is 73.2 Å². The van der Waals surface area contributed by atoms with Crippen molar-refractivity contribution >= 4 is 33.5 Å². The maximum Gasteiger partial charge on any atom is 0.224 e. The first-order valence-corrected chi connectivity index (χ1v) is 12.3. The first kappa shape index (κ1) is 22.7. The fourth-order valence-corrected chi connectivity index (χ4v) is 4.54. The van der Waals surface area contributed by atoms with Crippen LogP contribution in [0.3, 0.4) is 0 Å². The van der Waals surface area contributed by atoms with E-state index >= 15 is 0 Å². The first-order valence-electron chi connectivity index (χ1n) is 12.3. The fourth-order valence-electron chi connectivity index (χ4n) is 4.54. The SMILES string of the molecule is CCCCC(=O)Nc1cncc(-c2cnc3n[nH]c(-c4cc5c(-n6cnc(C)c6)cccc5[nH]4)c3c2)c1. The van der Waals surface area contributed by atoms with Crippen molar-refractivity contribution in [3.63, 3.8) is 0 Å². The Bertz CT molecular complexity index is 1740. The Kier molecular flexibility index (Phi) is 5.72. The molecule has 9 nitrogen and oxygen atoms in total. The van der Waals surface area contributed by atoms with E-state index in [-0.39, 0.29) is 5.91 Å². The zero-order chi connectivity index (χ0) is 25.4. The van der Waals surface area contributed by atoms with Crippen LogP contribution in [0, 0.1) is 6.92 Å². The number of aryl methyl sites for hydroxylation is 1. The maximum atomic E-state index is 12.2. The molecule has 0 saturated carbocycles. The average molecular weight is 491 g/mol. The minimum atomic E-state index is -0.00414. The quantitative estimate of drug-likeness (QED) is 0.262. The molecule has 0 aliphatic heterocycles. The molecule has 37 heavy (non-hydrogen) atoms. The number of nitrogens with zero attached hydrogens (tertiary/aromatic N) is 5.